The van der Waals surface area contributed by atoms with Gasteiger partial charge < -0.3 is 22.1 Å². The number of oxazole rings is 3. The van der Waals surface area contributed by atoms with E-state index < -0.39 is 0 Å². The third-order valence-corrected chi connectivity index (χ3v) is 13.9. The third kappa shape index (κ3) is 38.8. The monoisotopic (exact) mass is 1260 g/mol. The normalized spacial score (nSPS) is 12.2. The van der Waals surface area contributed by atoms with Crippen LogP contribution in [0.2, 0.25) is 0 Å². The Morgan fingerprint density at radius 3 is 0.966 bits per heavy atom. The highest BCUT2D eigenvalue weighted by atomic mass is 32.1. The predicted octanol–water partition coefficient (Wildman–Crippen LogP) is 21.2. The molecule has 0 amide bonds. The summed E-state index contributed by atoms with van der Waals surface area (Å²) < 4.78 is 26.9. The molecule has 0 saturated carbocycles. The van der Waals surface area contributed by atoms with Gasteiger partial charge in [0.1, 0.15) is 43.0 Å². The van der Waals surface area contributed by atoms with Gasteiger partial charge in [-0.05, 0) is 73.6 Å². The Kier molecular flexibility index (Phi) is 44.8. The van der Waals surface area contributed by atoms with Crippen molar-refractivity contribution in [3.63, 3.8) is 0 Å². The fourth-order valence-electron chi connectivity index (χ4n) is 6.59. The molecule has 11 rings (SSSR count). The van der Waals surface area contributed by atoms with E-state index in [9.17, 15) is 0 Å². The van der Waals surface area contributed by atoms with Crippen molar-refractivity contribution in [1.29, 1.82) is 0 Å². The first-order chi connectivity index (χ1) is 41.8. The molecule has 8 aromatic heterocycles. The molecule has 0 atom stereocenters. The summed E-state index contributed by atoms with van der Waals surface area (Å²) >= 11 is 3.44. The third-order valence-electron chi connectivity index (χ3n) is 11.8. The van der Waals surface area contributed by atoms with Gasteiger partial charge in [0.2, 0.25) is 0 Å². The van der Waals surface area contributed by atoms with E-state index in [1.54, 1.807) is 89.9 Å². The minimum atomic E-state index is 0. The average Bonchev–Trinajstić information content (AvgIpc) is 4.35. The lowest BCUT2D eigenvalue weighted by molar-refractivity contribution is 0.471. The molecule has 18 heteroatoms. The Morgan fingerprint density at radius 2 is 0.831 bits per heavy atom. The largest absolute Gasteiger partial charge is 0.469 e. The fourth-order valence-corrected chi connectivity index (χ4v) is 7.90. The molecular formula is C71H111N11O5S2. The van der Waals surface area contributed by atoms with Gasteiger partial charge in [0.15, 0.2) is 17.7 Å². The number of nitrogens with zero attached hydrogens (tertiary/aromatic N) is 11. The Labute approximate surface area is 543 Å². The summed E-state index contributed by atoms with van der Waals surface area (Å²) in [6.45, 7) is 49.2. The summed E-state index contributed by atoms with van der Waals surface area (Å²) in [6, 6.07) is 8.23. The molecule has 0 N–H and O–H groups in total. The van der Waals surface area contributed by atoms with Gasteiger partial charge in [0, 0.05) is 88.3 Å². The van der Waals surface area contributed by atoms with E-state index in [4.69, 9.17) is 22.1 Å². The Hall–Kier alpha value is -7.18. The SMILES string of the molecule is C.CC(C)C1=CCN=C1.CC(C)C1=NCC=C1.CC(C)C1=NCC=C1.CC(C)c1ccco1.CC(C)c1ccco1.CC(C)c1ncco1.CC(C)c1ncco1.CC(C)c1ncco1.CC(C)c1nccs1.CC(C)c1nccs1.CC(C)n1cncn1. The molecule has 3 aliphatic rings. The molecule has 3 aliphatic heterocycles. The van der Waals surface area contributed by atoms with Crippen molar-refractivity contribution in [3.05, 3.63) is 185 Å². The van der Waals surface area contributed by atoms with Crippen LogP contribution in [-0.4, -0.2) is 77.0 Å². The number of hydrogen-bond acceptors (Lipinski definition) is 17. The van der Waals surface area contributed by atoms with Gasteiger partial charge in [-0.1, -0.05) is 164 Å². The molecule has 89 heavy (non-hydrogen) atoms. The Balaban J connectivity index is 0.000000956. The summed E-state index contributed by atoms with van der Waals surface area (Å²) in [4.78, 5) is 36.5. The second-order valence-corrected chi connectivity index (χ2v) is 25.3. The van der Waals surface area contributed by atoms with Crippen LogP contribution < -0.4 is 0 Å². The molecule has 16 nitrogen and oxygen atoms in total. The summed E-state index contributed by atoms with van der Waals surface area (Å²) in [5.41, 5.74) is 3.86. The van der Waals surface area contributed by atoms with Crippen molar-refractivity contribution in [3.8, 4) is 0 Å². The zero-order chi connectivity index (χ0) is 65.8. The van der Waals surface area contributed by atoms with Gasteiger partial charge >= 0.3 is 0 Å². The highest BCUT2D eigenvalue weighted by Gasteiger charge is 2.06. The Bertz CT molecular complexity index is 2420. The minimum Gasteiger partial charge on any atom is -0.469 e. The van der Waals surface area contributed by atoms with Crippen LogP contribution in [0.1, 0.15) is 246 Å². The molecule has 0 radical (unpaired) electrons. The first-order valence-corrected chi connectivity index (χ1v) is 32.6. The standard InChI is InChI=1S/3C7H11N.2C7H10O.3C6H9NO.2C6H9NS.C5H9N3.CH4/c1-6(2)7-3-4-8-5-7;4*1-6(2)7-4-3-5-8-7;5*1-5(2)6-7-3-4-8-6;1-5(2)8-4-6-3-7-8;/h3,5-6H,4H2,1-2H3;2*3-4,6H,5H2,1-2H3;2*3-6H,1-2H3;6*3-5H,1-2H3;1H4. The van der Waals surface area contributed by atoms with E-state index in [-0.39, 0.29) is 7.43 Å². The van der Waals surface area contributed by atoms with Gasteiger partial charge in [0.05, 0.1) is 60.8 Å². The number of furan rings is 2. The van der Waals surface area contributed by atoms with Crippen LogP contribution in [-0.2, 0) is 0 Å². The first-order valence-electron chi connectivity index (χ1n) is 30.8. The highest BCUT2D eigenvalue weighted by molar-refractivity contribution is 7.09. The lowest BCUT2D eigenvalue weighted by Crippen LogP contribution is -2.00. The second-order valence-electron chi connectivity index (χ2n) is 23.4. The van der Waals surface area contributed by atoms with Crippen LogP contribution in [0.15, 0.2) is 183 Å². The van der Waals surface area contributed by atoms with Crippen molar-refractivity contribution in [1.82, 2.24) is 39.7 Å². The molecular weight excluding hydrogens is 1150 g/mol. The summed E-state index contributed by atoms with van der Waals surface area (Å²) in [5.74, 6) is 9.86. The van der Waals surface area contributed by atoms with E-state index in [2.05, 4.69) is 191 Å². The minimum absolute atomic E-state index is 0. The van der Waals surface area contributed by atoms with Gasteiger partial charge in [-0.15, -0.1) is 22.7 Å². The predicted molar refractivity (Wildman–Crippen MR) is 376 cm³/mol. The van der Waals surface area contributed by atoms with E-state index in [1.165, 1.54) is 27.0 Å². The number of aliphatic imine (C=N–C) groups is 3. The van der Waals surface area contributed by atoms with Crippen molar-refractivity contribution < 1.29 is 22.1 Å². The van der Waals surface area contributed by atoms with E-state index in [1.807, 2.05) is 95.2 Å². The number of aromatic nitrogens is 8. The van der Waals surface area contributed by atoms with Gasteiger partial charge in [0.25, 0.3) is 0 Å². The fraction of sp³-hybridized carbons (Fsp3) is 0.521. The topological polar surface area (TPSA) is 198 Å². The molecule has 11 heterocycles. The first kappa shape index (κ1) is 81.8. The molecule has 0 aliphatic carbocycles. The number of rotatable bonds is 11. The smallest absolute Gasteiger partial charge is 0.196 e. The number of thiazole rings is 2. The molecule has 0 unspecified atom stereocenters. The van der Waals surface area contributed by atoms with Crippen LogP contribution in [0.3, 0.4) is 0 Å². The van der Waals surface area contributed by atoms with Crippen molar-refractivity contribution in [2.24, 2.45) is 32.7 Å². The van der Waals surface area contributed by atoms with Crippen LogP contribution in [0.25, 0.3) is 0 Å². The van der Waals surface area contributed by atoms with Crippen LogP contribution in [0.5, 0.6) is 0 Å². The molecule has 0 saturated heterocycles. The van der Waals surface area contributed by atoms with Crippen LogP contribution in [0.4, 0.5) is 0 Å². The van der Waals surface area contributed by atoms with E-state index >= 15 is 0 Å². The summed E-state index contributed by atoms with van der Waals surface area (Å²) in [7, 11) is 0. The molecule has 0 aromatic carbocycles. The van der Waals surface area contributed by atoms with Gasteiger partial charge in [-0.2, -0.15) is 5.10 Å². The molecule has 492 valence electrons. The zero-order valence-corrected chi connectivity index (χ0v) is 58.7. The lowest BCUT2D eigenvalue weighted by atomic mass is 10.1. The molecule has 8 aromatic rings. The lowest BCUT2D eigenvalue weighted by Gasteiger charge is -2.00. The van der Waals surface area contributed by atoms with Crippen LogP contribution in [0, 0.1) is 17.8 Å². The maximum absolute atomic E-state index is 5.09. The maximum Gasteiger partial charge on any atom is 0.196 e. The van der Waals surface area contributed by atoms with Gasteiger partial charge in [-0.25, -0.2) is 29.9 Å². The van der Waals surface area contributed by atoms with Crippen molar-refractivity contribution >= 4 is 40.3 Å². The number of hydrogen-bond donors (Lipinski definition) is 0. The van der Waals surface area contributed by atoms with Crippen molar-refractivity contribution in [2.75, 3.05) is 19.6 Å². The summed E-state index contributed by atoms with van der Waals surface area (Å²) in [6.07, 6.45) is 32.6. The van der Waals surface area contributed by atoms with Crippen molar-refractivity contribution in [2.45, 2.75) is 207 Å². The zero-order valence-electron chi connectivity index (χ0n) is 57.1. The van der Waals surface area contributed by atoms with E-state index in [0.717, 1.165) is 48.8 Å². The van der Waals surface area contributed by atoms with Gasteiger partial charge in [-0.3, -0.25) is 19.7 Å². The molecule has 0 spiro atoms. The second kappa shape index (κ2) is 48.7. The molecule has 0 fully saturated rings. The van der Waals surface area contributed by atoms with E-state index in [0.29, 0.717) is 65.2 Å². The van der Waals surface area contributed by atoms with Crippen LogP contribution >= 0.6 is 22.7 Å². The Morgan fingerprint density at radius 1 is 0.427 bits per heavy atom. The quantitative estimate of drug-likeness (QED) is 0.119. The summed E-state index contributed by atoms with van der Waals surface area (Å²) in [5, 5.41) is 10.4. The number of allylic oxidation sites excluding steroid dienone is 3. The highest BCUT2D eigenvalue weighted by Crippen LogP contribution is 2.18. The maximum atomic E-state index is 5.09. The molecule has 0 bridgehead atoms. The average molecular weight is 1260 g/mol.